The van der Waals surface area contributed by atoms with Crippen LogP contribution in [0.25, 0.3) is 11.1 Å². The van der Waals surface area contributed by atoms with Crippen LogP contribution in [0.5, 0.6) is 0 Å². The summed E-state index contributed by atoms with van der Waals surface area (Å²) in [5.74, 6) is -2.21. The van der Waals surface area contributed by atoms with Gasteiger partial charge in [0, 0.05) is 12.8 Å². The molecule has 5 heteroatoms. The molecule has 27 heavy (non-hydrogen) atoms. The highest BCUT2D eigenvalue weighted by molar-refractivity contribution is 5.98. The SMILES string of the molecule is O=C1CCC[C@H]([C@@H](NC(=O)C2c3ccccc3-c3ccccc32)C(=O)O)C1. The molecular weight excluding hydrogens is 342 g/mol. The molecule has 0 heterocycles. The minimum absolute atomic E-state index is 0.0725. The van der Waals surface area contributed by atoms with Crippen molar-refractivity contribution < 1.29 is 19.5 Å². The van der Waals surface area contributed by atoms with Crippen molar-refractivity contribution in [3.63, 3.8) is 0 Å². The molecule has 1 amide bonds. The summed E-state index contributed by atoms with van der Waals surface area (Å²) in [5, 5.41) is 12.4. The van der Waals surface area contributed by atoms with Gasteiger partial charge in [-0.05, 0) is 41.0 Å². The van der Waals surface area contributed by atoms with E-state index in [-0.39, 0.29) is 24.0 Å². The topological polar surface area (TPSA) is 83.5 Å². The number of ketones is 1. The second-order valence-corrected chi connectivity index (χ2v) is 7.33. The van der Waals surface area contributed by atoms with Gasteiger partial charge < -0.3 is 10.4 Å². The Hall–Kier alpha value is -2.95. The van der Waals surface area contributed by atoms with Gasteiger partial charge in [-0.25, -0.2) is 4.79 Å². The molecule has 4 rings (SSSR count). The number of amides is 1. The number of carbonyl (C=O) groups is 3. The second kappa shape index (κ2) is 6.99. The minimum Gasteiger partial charge on any atom is -0.480 e. The van der Waals surface area contributed by atoms with E-state index in [1.54, 1.807) is 0 Å². The third-order valence-corrected chi connectivity index (χ3v) is 5.65. The largest absolute Gasteiger partial charge is 0.480 e. The van der Waals surface area contributed by atoms with E-state index in [1.807, 2.05) is 48.5 Å². The Kier molecular flexibility index (Phi) is 4.52. The van der Waals surface area contributed by atoms with Gasteiger partial charge in [0.25, 0.3) is 0 Å². The van der Waals surface area contributed by atoms with Gasteiger partial charge in [0.15, 0.2) is 0 Å². The Morgan fingerprint density at radius 2 is 1.59 bits per heavy atom. The first-order valence-corrected chi connectivity index (χ1v) is 9.29. The molecule has 1 saturated carbocycles. The molecule has 0 saturated heterocycles. The van der Waals surface area contributed by atoms with E-state index in [9.17, 15) is 19.5 Å². The van der Waals surface area contributed by atoms with E-state index in [1.165, 1.54) is 0 Å². The first kappa shape index (κ1) is 17.5. The number of fused-ring (bicyclic) bond motifs is 3. The van der Waals surface area contributed by atoms with Crippen molar-refractivity contribution in [2.75, 3.05) is 0 Å². The van der Waals surface area contributed by atoms with E-state index < -0.39 is 17.9 Å². The Morgan fingerprint density at radius 1 is 1.00 bits per heavy atom. The molecule has 2 aromatic rings. The standard InChI is InChI=1S/C22H21NO4/c24-14-7-5-6-13(12-14)20(22(26)27)23-21(25)19-17-10-3-1-8-15(17)16-9-2-4-11-18(16)19/h1-4,8-11,13,19-20H,5-7,12H2,(H,23,25)(H,26,27)/t13-,20+/m0/s1. The number of nitrogens with one attached hydrogen (secondary N) is 1. The Balaban J connectivity index is 1.64. The van der Waals surface area contributed by atoms with Crippen LogP contribution < -0.4 is 5.32 Å². The van der Waals surface area contributed by atoms with Gasteiger partial charge in [0.1, 0.15) is 11.8 Å². The van der Waals surface area contributed by atoms with Crippen molar-refractivity contribution in [3.8, 4) is 11.1 Å². The van der Waals surface area contributed by atoms with Crippen molar-refractivity contribution in [1.29, 1.82) is 0 Å². The number of aliphatic carboxylic acids is 1. The summed E-state index contributed by atoms with van der Waals surface area (Å²) in [7, 11) is 0. The number of carboxylic acids is 1. The van der Waals surface area contributed by atoms with Crippen molar-refractivity contribution in [2.24, 2.45) is 5.92 Å². The molecule has 2 aliphatic carbocycles. The van der Waals surface area contributed by atoms with Crippen molar-refractivity contribution in [3.05, 3.63) is 59.7 Å². The van der Waals surface area contributed by atoms with Crippen molar-refractivity contribution in [1.82, 2.24) is 5.32 Å². The smallest absolute Gasteiger partial charge is 0.326 e. The fourth-order valence-corrected chi connectivity index (χ4v) is 4.40. The van der Waals surface area contributed by atoms with Gasteiger partial charge in [-0.1, -0.05) is 48.5 Å². The third-order valence-electron chi connectivity index (χ3n) is 5.65. The molecule has 2 N–H and O–H groups in total. The summed E-state index contributed by atoms with van der Waals surface area (Å²) >= 11 is 0. The van der Waals surface area contributed by atoms with E-state index in [4.69, 9.17) is 0 Å². The summed E-state index contributed by atoms with van der Waals surface area (Å²) in [6.07, 6.45) is 2.04. The van der Waals surface area contributed by atoms with Gasteiger partial charge in [-0.3, -0.25) is 9.59 Å². The molecule has 2 atom stereocenters. The first-order chi connectivity index (χ1) is 13.1. The van der Waals surface area contributed by atoms with Crippen LogP contribution in [-0.4, -0.2) is 28.8 Å². The summed E-state index contributed by atoms with van der Waals surface area (Å²) in [5.41, 5.74) is 3.79. The zero-order valence-corrected chi connectivity index (χ0v) is 14.9. The average Bonchev–Trinajstić information content (AvgIpc) is 3.00. The van der Waals surface area contributed by atoms with Gasteiger partial charge in [0.2, 0.25) is 5.91 Å². The normalized spacial score (nSPS) is 19.9. The number of carbonyl (C=O) groups excluding carboxylic acids is 2. The highest BCUT2D eigenvalue weighted by Crippen LogP contribution is 2.44. The van der Waals surface area contributed by atoms with E-state index >= 15 is 0 Å². The summed E-state index contributed by atoms with van der Waals surface area (Å²) in [6, 6.07) is 14.4. The molecule has 2 aromatic carbocycles. The second-order valence-electron chi connectivity index (χ2n) is 7.33. The number of hydrogen-bond acceptors (Lipinski definition) is 3. The molecule has 5 nitrogen and oxygen atoms in total. The molecule has 0 unspecified atom stereocenters. The number of rotatable bonds is 4. The summed E-state index contributed by atoms with van der Waals surface area (Å²) in [4.78, 5) is 36.7. The maximum atomic E-state index is 13.2. The van der Waals surface area contributed by atoms with Gasteiger partial charge in [-0.2, -0.15) is 0 Å². The molecule has 0 radical (unpaired) electrons. The highest BCUT2D eigenvalue weighted by Gasteiger charge is 2.38. The monoisotopic (exact) mass is 363 g/mol. The molecule has 138 valence electrons. The lowest BCUT2D eigenvalue weighted by Crippen LogP contribution is -2.48. The molecule has 0 aliphatic heterocycles. The van der Waals surface area contributed by atoms with Crippen LogP contribution in [-0.2, 0) is 14.4 Å². The van der Waals surface area contributed by atoms with Gasteiger partial charge in [0.05, 0.1) is 5.92 Å². The number of carboxylic acid groups (broad SMARTS) is 1. The Bertz CT molecular complexity index is 875. The van der Waals surface area contributed by atoms with Crippen LogP contribution in [0.3, 0.4) is 0 Å². The van der Waals surface area contributed by atoms with Crippen LogP contribution in [0, 0.1) is 5.92 Å². The molecule has 0 spiro atoms. The molecule has 0 bridgehead atoms. The summed E-state index contributed by atoms with van der Waals surface area (Å²) < 4.78 is 0. The minimum atomic E-state index is -1.08. The van der Waals surface area contributed by atoms with Crippen LogP contribution in [0.1, 0.15) is 42.7 Å². The van der Waals surface area contributed by atoms with Crippen LogP contribution in [0.4, 0.5) is 0 Å². The predicted octanol–water partition coefficient (Wildman–Crippen LogP) is 3.13. The van der Waals surface area contributed by atoms with Crippen LogP contribution >= 0.6 is 0 Å². The lowest BCUT2D eigenvalue weighted by Gasteiger charge is -2.28. The van der Waals surface area contributed by atoms with Crippen molar-refractivity contribution in [2.45, 2.75) is 37.6 Å². The highest BCUT2D eigenvalue weighted by atomic mass is 16.4. The zero-order valence-electron chi connectivity index (χ0n) is 14.9. The molecular formula is C22H21NO4. The maximum Gasteiger partial charge on any atom is 0.326 e. The fraction of sp³-hybridized carbons (Fsp3) is 0.318. The zero-order chi connectivity index (χ0) is 19.0. The van der Waals surface area contributed by atoms with Gasteiger partial charge in [-0.15, -0.1) is 0 Å². The predicted molar refractivity (Wildman–Crippen MR) is 100 cm³/mol. The maximum absolute atomic E-state index is 13.2. The Labute approximate surface area is 157 Å². The Morgan fingerprint density at radius 3 is 2.15 bits per heavy atom. The van der Waals surface area contributed by atoms with Crippen LogP contribution in [0.15, 0.2) is 48.5 Å². The third kappa shape index (κ3) is 3.14. The summed E-state index contributed by atoms with van der Waals surface area (Å²) in [6.45, 7) is 0. The molecule has 2 aliphatic rings. The number of hydrogen-bond donors (Lipinski definition) is 2. The number of benzene rings is 2. The lowest BCUT2D eigenvalue weighted by atomic mass is 9.82. The fourth-order valence-electron chi connectivity index (χ4n) is 4.40. The average molecular weight is 363 g/mol. The first-order valence-electron chi connectivity index (χ1n) is 9.29. The van der Waals surface area contributed by atoms with E-state index in [2.05, 4.69) is 5.32 Å². The van der Waals surface area contributed by atoms with E-state index in [0.717, 1.165) is 22.3 Å². The van der Waals surface area contributed by atoms with Crippen LogP contribution in [0.2, 0.25) is 0 Å². The molecule has 0 aromatic heterocycles. The quantitative estimate of drug-likeness (QED) is 0.874. The lowest BCUT2D eigenvalue weighted by molar-refractivity contribution is -0.144. The van der Waals surface area contributed by atoms with Gasteiger partial charge >= 0.3 is 5.97 Å². The van der Waals surface area contributed by atoms with E-state index in [0.29, 0.717) is 19.3 Å². The van der Waals surface area contributed by atoms with Crippen molar-refractivity contribution >= 4 is 17.7 Å². The molecule has 1 fully saturated rings. The number of Topliss-reactive ketones (excluding diaryl/α,β-unsaturated/α-hetero) is 1.